The highest BCUT2D eigenvalue weighted by Gasteiger charge is 2.18. The minimum absolute atomic E-state index is 0.0937. The molecule has 1 heterocycles. The number of Topliss-reactive ketones (excluding diaryl/α,β-unsaturated/α-hetero) is 1. The number of carbonyl (C=O) groups excluding carboxylic acids is 1. The first-order chi connectivity index (χ1) is 8.43. The second-order valence-electron chi connectivity index (χ2n) is 4.28. The Balaban J connectivity index is 2.86. The number of tetrazole rings is 1. The molecular formula is C12H14N4O2. The topological polar surface area (TPSA) is 69.8 Å². The molecule has 0 saturated carbocycles. The van der Waals surface area contributed by atoms with Crippen LogP contribution in [0.4, 0.5) is 0 Å². The van der Waals surface area contributed by atoms with Gasteiger partial charge in [0.25, 0.3) is 0 Å². The molecular weight excluding hydrogens is 232 g/mol. The molecule has 0 saturated heterocycles. The van der Waals surface area contributed by atoms with Gasteiger partial charge in [-0.3, -0.25) is 4.79 Å². The number of carbonyl (C=O) groups is 1. The number of aryl methyl sites for hydroxylation is 3. The van der Waals surface area contributed by atoms with Crippen molar-refractivity contribution in [3.8, 4) is 5.69 Å². The first kappa shape index (κ1) is 12.2. The van der Waals surface area contributed by atoms with Crippen LogP contribution >= 0.6 is 0 Å². The van der Waals surface area contributed by atoms with Gasteiger partial charge in [0.15, 0.2) is 5.78 Å². The van der Waals surface area contributed by atoms with Crippen LogP contribution in [-0.4, -0.2) is 25.6 Å². The average Bonchev–Trinajstić information content (AvgIpc) is 2.62. The van der Waals surface area contributed by atoms with Crippen molar-refractivity contribution in [1.82, 2.24) is 19.8 Å². The number of aromatic nitrogens is 4. The molecule has 0 aliphatic heterocycles. The highest BCUT2D eigenvalue weighted by atomic mass is 16.2. The predicted molar refractivity (Wildman–Crippen MR) is 66.1 cm³/mol. The first-order valence-electron chi connectivity index (χ1n) is 5.54. The van der Waals surface area contributed by atoms with Crippen LogP contribution in [0.2, 0.25) is 0 Å². The molecule has 0 bridgehead atoms. The van der Waals surface area contributed by atoms with Crippen LogP contribution in [0, 0.1) is 13.8 Å². The maximum atomic E-state index is 11.9. The molecule has 2 aromatic rings. The van der Waals surface area contributed by atoms with Gasteiger partial charge in [-0.2, -0.15) is 9.36 Å². The highest BCUT2D eigenvalue weighted by molar-refractivity contribution is 5.99. The summed E-state index contributed by atoms with van der Waals surface area (Å²) in [5.41, 5.74) is 2.29. The van der Waals surface area contributed by atoms with E-state index in [9.17, 15) is 9.59 Å². The molecule has 0 unspecified atom stereocenters. The Kier molecular flexibility index (Phi) is 2.86. The monoisotopic (exact) mass is 246 g/mol. The van der Waals surface area contributed by atoms with Crippen molar-refractivity contribution in [3.63, 3.8) is 0 Å². The van der Waals surface area contributed by atoms with Gasteiger partial charge in [0.2, 0.25) is 0 Å². The number of hydrogen-bond donors (Lipinski definition) is 0. The summed E-state index contributed by atoms with van der Waals surface area (Å²) in [6.07, 6.45) is 0. The summed E-state index contributed by atoms with van der Waals surface area (Å²) in [5, 5.41) is 7.47. The number of ketones is 1. The van der Waals surface area contributed by atoms with Crippen molar-refractivity contribution >= 4 is 5.78 Å². The van der Waals surface area contributed by atoms with E-state index in [1.54, 1.807) is 0 Å². The van der Waals surface area contributed by atoms with Gasteiger partial charge in [-0.15, -0.1) is 0 Å². The third-order valence-electron chi connectivity index (χ3n) is 2.87. The molecule has 1 aromatic heterocycles. The van der Waals surface area contributed by atoms with Crippen molar-refractivity contribution in [3.05, 3.63) is 39.3 Å². The van der Waals surface area contributed by atoms with Crippen LogP contribution in [0.25, 0.3) is 5.69 Å². The molecule has 1 aromatic carbocycles. The molecule has 0 radical (unpaired) electrons. The van der Waals surface area contributed by atoms with Crippen LogP contribution in [0.3, 0.4) is 0 Å². The Hall–Kier alpha value is -2.24. The van der Waals surface area contributed by atoms with Crippen LogP contribution in [-0.2, 0) is 7.05 Å². The molecule has 0 spiro atoms. The maximum absolute atomic E-state index is 11.9. The number of nitrogens with zero attached hydrogens (tertiary/aromatic N) is 4. The Morgan fingerprint density at radius 1 is 1.17 bits per heavy atom. The Morgan fingerprint density at radius 3 is 2.28 bits per heavy atom. The summed E-state index contributed by atoms with van der Waals surface area (Å²) in [4.78, 5) is 23.7. The smallest absolute Gasteiger partial charge is 0.294 e. The van der Waals surface area contributed by atoms with E-state index in [1.165, 1.54) is 18.7 Å². The molecule has 0 amide bonds. The standard InChI is InChI=1S/C12H14N4O2/c1-7-5-6-8(2)11(10(7)9(3)17)16-12(18)15(4)13-14-16/h5-6H,1-4H3. The normalized spacial score (nSPS) is 10.7. The van der Waals surface area contributed by atoms with E-state index < -0.39 is 0 Å². The number of hydrogen-bond acceptors (Lipinski definition) is 4. The lowest BCUT2D eigenvalue weighted by Crippen LogP contribution is -2.24. The Morgan fingerprint density at radius 2 is 1.78 bits per heavy atom. The third-order valence-corrected chi connectivity index (χ3v) is 2.87. The molecule has 0 atom stereocenters. The van der Waals surface area contributed by atoms with E-state index in [0.717, 1.165) is 15.8 Å². The lowest BCUT2D eigenvalue weighted by atomic mass is 9.99. The number of rotatable bonds is 2. The van der Waals surface area contributed by atoms with Gasteiger partial charge >= 0.3 is 5.69 Å². The molecule has 6 heteroatoms. The zero-order valence-electron chi connectivity index (χ0n) is 10.8. The van der Waals surface area contributed by atoms with Crippen molar-refractivity contribution in [2.24, 2.45) is 7.05 Å². The average molecular weight is 246 g/mol. The lowest BCUT2D eigenvalue weighted by Gasteiger charge is -2.11. The summed E-state index contributed by atoms with van der Waals surface area (Å²) >= 11 is 0. The van der Waals surface area contributed by atoms with Crippen LogP contribution < -0.4 is 5.69 Å². The molecule has 94 valence electrons. The quantitative estimate of drug-likeness (QED) is 0.734. The van der Waals surface area contributed by atoms with Gasteiger partial charge < -0.3 is 0 Å². The van der Waals surface area contributed by atoms with Gasteiger partial charge in [-0.1, -0.05) is 12.1 Å². The summed E-state index contributed by atoms with van der Waals surface area (Å²) < 4.78 is 2.30. The minimum atomic E-state index is -0.369. The fourth-order valence-corrected chi connectivity index (χ4v) is 1.97. The molecule has 2 rings (SSSR count). The van der Waals surface area contributed by atoms with Crippen LogP contribution in [0.15, 0.2) is 16.9 Å². The predicted octanol–water partition coefficient (Wildman–Crippen LogP) is 0.785. The SMILES string of the molecule is CC(=O)c1c(C)ccc(C)c1-n1nnn(C)c1=O. The van der Waals surface area contributed by atoms with Gasteiger partial charge in [-0.05, 0) is 42.3 Å². The van der Waals surface area contributed by atoms with E-state index in [-0.39, 0.29) is 11.5 Å². The fraction of sp³-hybridized carbons (Fsp3) is 0.333. The zero-order chi connectivity index (χ0) is 13.4. The summed E-state index contributed by atoms with van der Waals surface area (Å²) in [6.45, 7) is 5.15. The minimum Gasteiger partial charge on any atom is -0.294 e. The van der Waals surface area contributed by atoms with E-state index in [0.29, 0.717) is 11.3 Å². The van der Waals surface area contributed by atoms with Crippen molar-refractivity contribution < 1.29 is 4.79 Å². The molecule has 0 N–H and O–H groups in total. The second-order valence-corrected chi connectivity index (χ2v) is 4.28. The van der Waals surface area contributed by atoms with Gasteiger partial charge in [-0.25, -0.2) is 4.79 Å². The van der Waals surface area contributed by atoms with E-state index in [4.69, 9.17) is 0 Å². The Labute approximate surface area is 104 Å². The first-order valence-corrected chi connectivity index (χ1v) is 5.54. The molecule has 18 heavy (non-hydrogen) atoms. The number of benzene rings is 1. The zero-order valence-corrected chi connectivity index (χ0v) is 10.8. The molecule has 0 aliphatic carbocycles. The summed E-state index contributed by atoms with van der Waals surface area (Å²) in [5.74, 6) is -0.0937. The highest BCUT2D eigenvalue weighted by Crippen LogP contribution is 2.21. The summed E-state index contributed by atoms with van der Waals surface area (Å²) in [6, 6.07) is 3.72. The lowest BCUT2D eigenvalue weighted by molar-refractivity contribution is 0.101. The van der Waals surface area contributed by atoms with Gasteiger partial charge in [0.05, 0.1) is 5.69 Å². The second kappa shape index (κ2) is 4.21. The Bertz CT molecular complexity index is 682. The van der Waals surface area contributed by atoms with Gasteiger partial charge in [0.1, 0.15) is 0 Å². The van der Waals surface area contributed by atoms with E-state index >= 15 is 0 Å². The van der Waals surface area contributed by atoms with E-state index in [2.05, 4.69) is 10.4 Å². The largest absolute Gasteiger partial charge is 0.368 e. The van der Waals surface area contributed by atoms with Crippen LogP contribution in [0.5, 0.6) is 0 Å². The third kappa shape index (κ3) is 1.75. The fourth-order valence-electron chi connectivity index (χ4n) is 1.97. The van der Waals surface area contributed by atoms with Gasteiger partial charge in [0, 0.05) is 12.6 Å². The van der Waals surface area contributed by atoms with Crippen LogP contribution in [0.1, 0.15) is 28.4 Å². The molecule has 0 aliphatic rings. The van der Waals surface area contributed by atoms with Crippen molar-refractivity contribution in [1.29, 1.82) is 0 Å². The summed E-state index contributed by atoms with van der Waals surface area (Å²) in [7, 11) is 1.52. The molecule has 0 fully saturated rings. The van der Waals surface area contributed by atoms with E-state index in [1.807, 2.05) is 26.0 Å². The molecule has 6 nitrogen and oxygen atoms in total. The van der Waals surface area contributed by atoms with Crippen molar-refractivity contribution in [2.45, 2.75) is 20.8 Å². The van der Waals surface area contributed by atoms with Crippen molar-refractivity contribution in [2.75, 3.05) is 0 Å². The maximum Gasteiger partial charge on any atom is 0.368 e.